The zero-order valence-corrected chi connectivity index (χ0v) is 22.4. The molecule has 3 aromatic rings. The molecule has 0 spiro atoms. The predicted octanol–water partition coefficient (Wildman–Crippen LogP) is 5.39. The minimum atomic E-state index is -3.24. The number of aromatic nitrogens is 1. The van der Waals surface area contributed by atoms with Crippen molar-refractivity contribution in [2.45, 2.75) is 64.6 Å². The summed E-state index contributed by atoms with van der Waals surface area (Å²) in [7, 11) is -3.24. The molecule has 1 amide bonds. The molecule has 0 radical (unpaired) electrons. The molecular formula is C27H33N3O3S2. The van der Waals surface area contributed by atoms with E-state index in [1.165, 1.54) is 16.0 Å². The molecule has 35 heavy (non-hydrogen) atoms. The van der Waals surface area contributed by atoms with Gasteiger partial charge in [-0.1, -0.05) is 64.1 Å². The largest absolute Gasteiger partial charge is 0.302 e. The molecule has 6 nitrogen and oxygen atoms in total. The number of carbonyl (C=O) groups excluding carboxylic acids is 1. The third kappa shape index (κ3) is 5.82. The van der Waals surface area contributed by atoms with Crippen molar-refractivity contribution in [1.82, 2.24) is 9.88 Å². The number of rotatable bonds is 9. The van der Waals surface area contributed by atoms with Gasteiger partial charge in [-0.3, -0.25) is 9.69 Å². The maximum absolute atomic E-state index is 12.6. The van der Waals surface area contributed by atoms with Crippen LogP contribution in [0.5, 0.6) is 0 Å². The van der Waals surface area contributed by atoms with E-state index < -0.39 is 9.84 Å². The van der Waals surface area contributed by atoms with Gasteiger partial charge in [0.1, 0.15) is 0 Å². The summed E-state index contributed by atoms with van der Waals surface area (Å²) in [5, 5.41) is 3.57. The van der Waals surface area contributed by atoms with Crippen LogP contribution in [0.1, 0.15) is 61.0 Å². The van der Waals surface area contributed by atoms with Crippen LogP contribution in [0.2, 0.25) is 0 Å². The van der Waals surface area contributed by atoms with Crippen LogP contribution in [0.4, 0.5) is 5.13 Å². The summed E-state index contributed by atoms with van der Waals surface area (Å²) in [4.78, 5) is 21.4. The van der Waals surface area contributed by atoms with Crippen molar-refractivity contribution in [3.8, 4) is 0 Å². The summed E-state index contributed by atoms with van der Waals surface area (Å²) in [6, 6.07) is 15.6. The summed E-state index contributed by atoms with van der Waals surface area (Å²) in [6.07, 6.45) is 1.21. The van der Waals surface area contributed by atoms with Crippen LogP contribution in [0.25, 0.3) is 0 Å². The van der Waals surface area contributed by atoms with Gasteiger partial charge in [-0.25, -0.2) is 13.4 Å². The van der Waals surface area contributed by atoms with Crippen molar-refractivity contribution in [1.29, 1.82) is 0 Å². The first-order valence-electron chi connectivity index (χ1n) is 12.1. The lowest BCUT2D eigenvalue weighted by Gasteiger charge is -2.27. The van der Waals surface area contributed by atoms with Gasteiger partial charge in [0.15, 0.2) is 15.0 Å². The Kier molecular flexibility index (Phi) is 7.73. The smallest absolute Gasteiger partial charge is 0.230 e. The van der Waals surface area contributed by atoms with Gasteiger partial charge in [0, 0.05) is 18.0 Å². The second-order valence-corrected chi connectivity index (χ2v) is 12.7. The van der Waals surface area contributed by atoms with E-state index in [0.717, 1.165) is 30.8 Å². The van der Waals surface area contributed by atoms with E-state index in [1.807, 2.05) is 0 Å². The highest BCUT2D eigenvalue weighted by Crippen LogP contribution is 2.43. The third-order valence-corrected chi connectivity index (χ3v) is 9.19. The fraction of sp³-hybridized carbons (Fsp3) is 0.407. The average Bonchev–Trinajstić information content (AvgIpc) is 3.36. The van der Waals surface area contributed by atoms with Crippen LogP contribution in [0.3, 0.4) is 0 Å². The lowest BCUT2D eigenvalue weighted by molar-refractivity contribution is -0.115. The van der Waals surface area contributed by atoms with Crippen molar-refractivity contribution in [2.75, 3.05) is 11.1 Å². The number of hydrogen-bond acceptors (Lipinski definition) is 6. The molecule has 0 aliphatic carbocycles. The molecule has 0 saturated heterocycles. The quantitative estimate of drug-likeness (QED) is 0.417. The molecule has 1 aliphatic rings. The molecule has 2 heterocycles. The fourth-order valence-electron chi connectivity index (χ4n) is 4.55. The Labute approximate surface area is 212 Å². The lowest BCUT2D eigenvalue weighted by Crippen LogP contribution is -2.26. The minimum absolute atomic E-state index is 0.0570. The Morgan fingerprint density at radius 1 is 1.06 bits per heavy atom. The number of sulfone groups is 1. The molecule has 0 saturated carbocycles. The van der Waals surface area contributed by atoms with E-state index >= 15 is 0 Å². The topological polar surface area (TPSA) is 79.4 Å². The standard InChI is InChI=1S/C27H33N3O3S2/c1-5-19-7-9-21(10-8-19)16-30-17-23-25(26(30)18(3)4)29-27(34-23)28-24(31)15-20-11-13-22(14-12-20)35(32,33)6-2/h7-14,18,26H,5-6,15-17H2,1-4H3,(H,28,29,31)/t26-/m0/s1. The number of carbonyl (C=O) groups is 1. The van der Waals surface area contributed by atoms with Crippen LogP contribution in [0, 0.1) is 5.92 Å². The fourth-order valence-corrected chi connectivity index (χ4v) is 6.48. The van der Waals surface area contributed by atoms with Crippen molar-refractivity contribution >= 4 is 32.2 Å². The normalized spacial score (nSPS) is 16.0. The number of hydrogen-bond donors (Lipinski definition) is 1. The van der Waals surface area contributed by atoms with Crippen molar-refractivity contribution in [2.24, 2.45) is 5.92 Å². The lowest BCUT2D eigenvalue weighted by atomic mass is 10.0. The minimum Gasteiger partial charge on any atom is -0.302 e. The Hall–Kier alpha value is -2.55. The summed E-state index contributed by atoms with van der Waals surface area (Å²) < 4.78 is 24.0. The number of fused-ring (bicyclic) bond motifs is 1. The number of nitrogens with one attached hydrogen (secondary N) is 1. The maximum atomic E-state index is 12.6. The van der Waals surface area contributed by atoms with E-state index in [-0.39, 0.29) is 29.0 Å². The van der Waals surface area contributed by atoms with Gasteiger partial charge in [-0.05, 0) is 41.2 Å². The van der Waals surface area contributed by atoms with E-state index in [2.05, 4.69) is 55.3 Å². The first kappa shape index (κ1) is 25.5. The molecule has 8 heteroatoms. The Bertz CT molecular complexity index is 1280. The van der Waals surface area contributed by atoms with Gasteiger partial charge in [0.05, 0.1) is 28.8 Å². The van der Waals surface area contributed by atoms with Gasteiger partial charge in [0.2, 0.25) is 5.91 Å². The van der Waals surface area contributed by atoms with Crippen LogP contribution in [-0.4, -0.2) is 30.0 Å². The number of amides is 1. The number of nitrogens with zero attached hydrogens (tertiary/aromatic N) is 2. The third-order valence-electron chi connectivity index (χ3n) is 6.47. The average molecular weight is 512 g/mol. The zero-order valence-electron chi connectivity index (χ0n) is 20.7. The van der Waals surface area contributed by atoms with E-state index in [0.29, 0.717) is 11.0 Å². The predicted molar refractivity (Wildman–Crippen MR) is 141 cm³/mol. The van der Waals surface area contributed by atoms with Crippen molar-refractivity contribution in [3.05, 3.63) is 75.8 Å². The van der Waals surface area contributed by atoms with Crippen LogP contribution in [0.15, 0.2) is 53.4 Å². The van der Waals surface area contributed by atoms with E-state index in [4.69, 9.17) is 4.98 Å². The summed E-state index contributed by atoms with van der Waals surface area (Å²) in [5.41, 5.74) is 4.48. The molecule has 0 fully saturated rings. The van der Waals surface area contributed by atoms with Gasteiger partial charge < -0.3 is 5.32 Å². The van der Waals surface area contributed by atoms with Gasteiger partial charge >= 0.3 is 0 Å². The summed E-state index contributed by atoms with van der Waals surface area (Å²) in [5.74, 6) is 0.300. The molecule has 1 aliphatic heterocycles. The molecule has 0 bridgehead atoms. The molecule has 186 valence electrons. The second kappa shape index (κ2) is 10.6. The van der Waals surface area contributed by atoms with E-state index in [1.54, 1.807) is 42.5 Å². The Morgan fingerprint density at radius 2 is 1.69 bits per heavy atom. The van der Waals surface area contributed by atoms with Gasteiger partial charge in [-0.2, -0.15) is 0 Å². The molecule has 1 N–H and O–H groups in total. The van der Waals surface area contributed by atoms with Crippen LogP contribution < -0.4 is 5.32 Å². The highest BCUT2D eigenvalue weighted by atomic mass is 32.2. The van der Waals surface area contributed by atoms with Crippen molar-refractivity contribution in [3.63, 3.8) is 0 Å². The number of benzene rings is 2. The molecule has 2 aromatic carbocycles. The SMILES string of the molecule is CCc1ccc(CN2Cc3sc(NC(=O)Cc4ccc(S(=O)(=O)CC)cc4)nc3[C@@H]2C(C)C)cc1. The molecule has 1 aromatic heterocycles. The van der Waals surface area contributed by atoms with Crippen LogP contribution in [-0.2, 0) is 40.6 Å². The molecule has 1 atom stereocenters. The molecule has 4 rings (SSSR count). The molecule has 0 unspecified atom stereocenters. The molecular weight excluding hydrogens is 478 g/mol. The summed E-state index contributed by atoms with van der Waals surface area (Å²) in [6.45, 7) is 9.92. The van der Waals surface area contributed by atoms with Crippen LogP contribution >= 0.6 is 11.3 Å². The highest BCUT2D eigenvalue weighted by Gasteiger charge is 2.36. The van der Waals surface area contributed by atoms with E-state index in [9.17, 15) is 13.2 Å². The first-order valence-corrected chi connectivity index (χ1v) is 14.6. The Morgan fingerprint density at radius 3 is 2.29 bits per heavy atom. The number of anilines is 1. The number of aryl methyl sites for hydroxylation is 1. The summed E-state index contributed by atoms with van der Waals surface area (Å²) >= 11 is 1.55. The first-order chi connectivity index (χ1) is 16.7. The second-order valence-electron chi connectivity index (χ2n) is 9.36. The monoisotopic (exact) mass is 511 g/mol. The maximum Gasteiger partial charge on any atom is 0.230 e. The van der Waals surface area contributed by atoms with Gasteiger partial charge in [0.25, 0.3) is 0 Å². The van der Waals surface area contributed by atoms with Crippen molar-refractivity contribution < 1.29 is 13.2 Å². The van der Waals surface area contributed by atoms with Gasteiger partial charge in [-0.15, -0.1) is 11.3 Å². The highest BCUT2D eigenvalue weighted by molar-refractivity contribution is 7.91. The zero-order chi connectivity index (χ0) is 25.2. The Balaban J connectivity index is 1.41. The number of thiazole rings is 1.